The van der Waals surface area contributed by atoms with Crippen molar-refractivity contribution in [2.24, 2.45) is 0 Å². The molecule has 0 heterocycles. The van der Waals surface area contributed by atoms with Gasteiger partial charge in [-0.3, -0.25) is 0 Å². The molecule has 2 nitrogen and oxygen atoms in total. The second kappa shape index (κ2) is 14.1. The van der Waals surface area contributed by atoms with Crippen LogP contribution in [0, 0.1) is 23.3 Å². The lowest BCUT2D eigenvalue weighted by molar-refractivity contribution is 0.285. The molecule has 0 unspecified atom stereocenters. The Labute approximate surface area is 212 Å². The summed E-state index contributed by atoms with van der Waals surface area (Å²) in [6.45, 7) is 4.87. The van der Waals surface area contributed by atoms with E-state index in [1.807, 2.05) is 0 Å². The van der Waals surface area contributed by atoms with Crippen LogP contribution in [-0.4, -0.2) is 13.2 Å². The van der Waals surface area contributed by atoms with E-state index in [9.17, 15) is 17.6 Å². The van der Waals surface area contributed by atoms with Gasteiger partial charge in [0.15, 0.2) is 23.1 Å². The highest BCUT2D eigenvalue weighted by atomic mass is 19.2. The molecule has 0 aliphatic heterocycles. The normalized spacial score (nSPS) is 13.4. The summed E-state index contributed by atoms with van der Waals surface area (Å²) in [4.78, 5) is 0. The molecule has 0 spiro atoms. The monoisotopic (exact) mass is 504 g/mol. The average Bonchev–Trinajstić information content (AvgIpc) is 2.89. The van der Waals surface area contributed by atoms with Crippen LogP contribution in [0.4, 0.5) is 17.6 Å². The maximum absolute atomic E-state index is 14.8. The number of halogens is 4. The first-order valence-corrected chi connectivity index (χ1v) is 13.1. The molecule has 1 aliphatic carbocycles. The van der Waals surface area contributed by atoms with E-state index in [1.54, 1.807) is 12.2 Å². The number of unbranched alkanes of at least 4 members (excludes halogenated alkanes) is 6. The van der Waals surface area contributed by atoms with E-state index in [4.69, 9.17) is 9.47 Å². The van der Waals surface area contributed by atoms with Crippen molar-refractivity contribution in [3.8, 4) is 11.5 Å². The number of ether oxygens (including phenoxy) is 2. The number of allylic oxidation sites excluding steroid dienone is 4. The second-order valence-corrected chi connectivity index (χ2v) is 9.16. The molecule has 2 aromatic rings. The molecule has 0 N–H and O–H groups in total. The third-order valence-electron chi connectivity index (χ3n) is 6.43. The Morgan fingerprint density at radius 1 is 0.556 bits per heavy atom. The van der Waals surface area contributed by atoms with Gasteiger partial charge in [0.1, 0.15) is 0 Å². The van der Waals surface area contributed by atoms with Crippen molar-refractivity contribution in [1.29, 1.82) is 0 Å². The number of hydrogen-bond acceptors (Lipinski definition) is 2. The van der Waals surface area contributed by atoms with E-state index >= 15 is 0 Å². The van der Waals surface area contributed by atoms with Crippen molar-refractivity contribution in [3.05, 3.63) is 70.8 Å². The van der Waals surface area contributed by atoms with E-state index in [-0.39, 0.29) is 35.5 Å². The van der Waals surface area contributed by atoms with E-state index in [0.717, 1.165) is 51.4 Å². The van der Waals surface area contributed by atoms with Crippen LogP contribution in [-0.2, 0) is 0 Å². The molecule has 0 fully saturated rings. The van der Waals surface area contributed by atoms with Gasteiger partial charge >= 0.3 is 0 Å². The highest BCUT2D eigenvalue weighted by Crippen LogP contribution is 2.36. The van der Waals surface area contributed by atoms with Crippen LogP contribution in [0.15, 0.2) is 36.4 Å². The van der Waals surface area contributed by atoms with Crippen molar-refractivity contribution < 1.29 is 27.0 Å². The maximum atomic E-state index is 14.8. The molecule has 2 aromatic carbocycles. The fourth-order valence-electron chi connectivity index (χ4n) is 4.28. The van der Waals surface area contributed by atoms with Gasteiger partial charge in [-0.05, 0) is 61.1 Å². The van der Waals surface area contributed by atoms with Gasteiger partial charge in [0.05, 0.1) is 13.2 Å². The lowest BCUT2D eigenvalue weighted by atomic mass is 9.90. The van der Waals surface area contributed by atoms with Gasteiger partial charge in [-0.15, -0.1) is 0 Å². The molecule has 0 aromatic heterocycles. The summed E-state index contributed by atoms with van der Waals surface area (Å²) in [6.07, 6.45) is 12.0. The summed E-state index contributed by atoms with van der Waals surface area (Å²) in [7, 11) is 0. The molecule has 0 saturated carbocycles. The Bertz CT molecular complexity index is 1080. The third-order valence-corrected chi connectivity index (χ3v) is 6.43. The third kappa shape index (κ3) is 7.14. The van der Waals surface area contributed by atoms with Crippen LogP contribution in [0.25, 0.3) is 11.1 Å². The maximum Gasteiger partial charge on any atom is 0.201 e. The van der Waals surface area contributed by atoms with E-state index in [0.29, 0.717) is 24.4 Å². The highest BCUT2D eigenvalue weighted by Gasteiger charge is 2.21. The van der Waals surface area contributed by atoms with Gasteiger partial charge in [-0.1, -0.05) is 64.5 Å². The van der Waals surface area contributed by atoms with Gasteiger partial charge in [-0.25, -0.2) is 8.78 Å². The molecule has 0 radical (unpaired) electrons. The number of benzene rings is 2. The van der Waals surface area contributed by atoms with Gasteiger partial charge in [-0.2, -0.15) is 8.78 Å². The highest BCUT2D eigenvalue weighted by molar-refractivity contribution is 5.78. The molecule has 0 amide bonds. The summed E-state index contributed by atoms with van der Waals surface area (Å²) in [6, 6.07) is 5.92. The zero-order chi connectivity index (χ0) is 25.9. The largest absolute Gasteiger partial charge is 0.490 e. The fourth-order valence-corrected chi connectivity index (χ4v) is 4.28. The van der Waals surface area contributed by atoms with E-state index in [1.165, 1.54) is 24.3 Å². The molecule has 3 rings (SSSR count). The molecule has 0 saturated heterocycles. The Kier molecular flexibility index (Phi) is 10.9. The average molecular weight is 505 g/mol. The summed E-state index contributed by atoms with van der Waals surface area (Å²) < 4.78 is 69.5. The van der Waals surface area contributed by atoms with Crippen molar-refractivity contribution in [2.75, 3.05) is 13.2 Å². The predicted octanol–water partition coefficient (Wildman–Crippen LogP) is 9.42. The predicted molar refractivity (Wildman–Crippen MR) is 137 cm³/mol. The molecular formula is C30H36F4O2. The standard InChI is InChI=1S/C30H36F4O2/c1-3-5-7-8-10-20-36-26-18-16-24(28(32)30(26)34)22-13-11-21(12-14-22)23-15-17-25(29(33)27(23)31)35-19-9-6-4-2/h11,14-18H,3-10,12-13,19-20H2,1-2H3. The minimum Gasteiger partial charge on any atom is -0.490 e. The Hall–Kier alpha value is -2.76. The van der Waals surface area contributed by atoms with Crippen molar-refractivity contribution >= 4 is 11.1 Å². The summed E-state index contributed by atoms with van der Waals surface area (Å²) in [5, 5.41) is 0. The van der Waals surface area contributed by atoms with Gasteiger partial charge < -0.3 is 9.47 Å². The first-order chi connectivity index (χ1) is 17.5. The molecule has 1 aliphatic rings. The fraction of sp³-hybridized carbons (Fsp3) is 0.467. The van der Waals surface area contributed by atoms with Gasteiger partial charge in [0.25, 0.3) is 0 Å². The van der Waals surface area contributed by atoms with Crippen LogP contribution in [0.5, 0.6) is 11.5 Å². The quantitative estimate of drug-likeness (QED) is 0.188. The lowest BCUT2D eigenvalue weighted by Crippen LogP contribution is -2.04. The van der Waals surface area contributed by atoms with E-state index < -0.39 is 23.3 Å². The molecule has 196 valence electrons. The lowest BCUT2D eigenvalue weighted by Gasteiger charge is -2.17. The van der Waals surface area contributed by atoms with Crippen LogP contribution < -0.4 is 9.47 Å². The van der Waals surface area contributed by atoms with Crippen LogP contribution in [0.1, 0.15) is 89.2 Å². The Morgan fingerprint density at radius 2 is 0.972 bits per heavy atom. The second-order valence-electron chi connectivity index (χ2n) is 9.16. The van der Waals surface area contributed by atoms with Crippen molar-refractivity contribution in [2.45, 2.75) is 78.1 Å². The molecular weight excluding hydrogens is 468 g/mol. The summed E-state index contributed by atoms with van der Waals surface area (Å²) >= 11 is 0. The summed E-state index contributed by atoms with van der Waals surface area (Å²) in [5.41, 5.74) is 1.49. The van der Waals surface area contributed by atoms with Crippen LogP contribution in [0.3, 0.4) is 0 Å². The van der Waals surface area contributed by atoms with Crippen LogP contribution in [0.2, 0.25) is 0 Å². The first-order valence-electron chi connectivity index (χ1n) is 13.1. The first kappa shape index (κ1) is 27.8. The minimum absolute atomic E-state index is 0.0890. The van der Waals surface area contributed by atoms with Gasteiger partial charge in [0, 0.05) is 11.1 Å². The molecule has 0 bridgehead atoms. The zero-order valence-corrected chi connectivity index (χ0v) is 21.3. The van der Waals surface area contributed by atoms with Crippen molar-refractivity contribution in [1.82, 2.24) is 0 Å². The Morgan fingerprint density at radius 3 is 1.42 bits per heavy atom. The topological polar surface area (TPSA) is 18.5 Å². The van der Waals surface area contributed by atoms with Gasteiger partial charge in [0.2, 0.25) is 11.6 Å². The smallest absolute Gasteiger partial charge is 0.201 e. The molecule has 36 heavy (non-hydrogen) atoms. The summed E-state index contributed by atoms with van der Waals surface area (Å²) in [5.74, 6) is -4.11. The van der Waals surface area contributed by atoms with Crippen LogP contribution >= 0.6 is 0 Å². The number of hydrogen-bond donors (Lipinski definition) is 0. The SMILES string of the molecule is CCCCCCCOc1ccc(C2=CCC(c3ccc(OCCCCC)c(F)c3F)=CC2)c(F)c1F. The molecule has 0 atom stereocenters. The zero-order valence-electron chi connectivity index (χ0n) is 21.3. The molecule has 6 heteroatoms. The minimum atomic E-state index is -1.01. The Balaban J connectivity index is 1.62. The van der Waals surface area contributed by atoms with E-state index in [2.05, 4.69) is 13.8 Å². The number of rotatable bonds is 14. The van der Waals surface area contributed by atoms with Crippen molar-refractivity contribution in [3.63, 3.8) is 0 Å².